The number of benzene rings is 1. The van der Waals surface area contributed by atoms with Gasteiger partial charge in [-0.25, -0.2) is 14.6 Å². The van der Waals surface area contributed by atoms with Crippen molar-refractivity contribution in [3.05, 3.63) is 35.2 Å². The molecule has 0 aliphatic heterocycles. The fourth-order valence-electron chi connectivity index (χ4n) is 3.94. The summed E-state index contributed by atoms with van der Waals surface area (Å²) in [6, 6.07) is 7.72. The molecule has 0 spiro atoms. The Morgan fingerprint density at radius 2 is 1.74 bits per heavy atom. The van der Waals surface area contributed by atoms with Gasteiger partial charge in [0.2, 0.25) is 5.91 Å². The van der Waals surface area contributed by atoms with Crippen LogP contribution in [0.2, 0.25) is 0 Å². The first-order valence-electron chi connectivity index (χ1n) is 11.2. The average molecular weight is 506 g/mol. The van der Waals surface area contributed by atoms with Gasteiger partial charge in [0.05, 0.1) is 5.69 Å². The van der Waals surface area contributed by atoms with E-state index in [2.05, 4.69) is 20.9 Å². The standard InChI is InChI=1S/C24H35N5O5S/c1-15(30)26-19-27-18(14-35-19)17-10-8-9-16(13-17)11-12-25-24(22(2,3)4,28-20(31)32)29(21(33)34)23(5,6)7/h8-10,13-14,25,28H,11-12H2,1-7H3,(H,31,32)(H,33,34)(H,26,27,30). The summed E-state index contributed by atoms with van der Waals surface area (Å²) in [6.45, 7) is 12.2. The minimum absolute atomic E-state index is 0.186. The van der Waals surface area contributed by atoms with Crippen molar-refractivity contribution in [3.63, 3.8) is 0 Å². The minimum atomic E-state index is -1.59. The molecule has 2 aromatic rings. The van der Waals surface area contributed by atoms with Crippen LogP contribution in [-0.4, -0.2) is 56.1 Å². The van der Waals surface area contributed by atoms with E-state index in [0.29, 0.717) is 18.1 Å². The lowest BCUT2D eigenvalue weighted by Crippen LogP contribution is -2.79. The summed E-state index contributed by atoms with van der Waals surface area (Å²) in [5, 5.41) is 30.5. The first-order valence-corrected chi connectivity index (χ1v) is 12.1. The molecule has 0 aliphatic carbocycles. The Morgan fingerprint density at radius 3 is 2.26 bits per heavy atom. The second-order valence-corrected chi connectivity index (χ2v) is 11.1. The highest BCUT2D eigenvalue weighted by Gasteiger charge is 2.54. The summed E-state index contributed by atoms with van der Waals surface area (Å²) in [5.41, 5.74) is 0.836. The molecule has 192 valence electrons. The first-order chi connectivity index (χ1) is 16.1. The van der Waals surface area contributed by atoms with Crippen molar-refractivity contribution in [2.24, 2.45) is 5.41 Å². The van der Waals surface area contributed by atoms with Gasteiger partial charge in [-0.1, -0.05) is 39.0 Å². The van der Waals surface area contributed by atoms with E-state index >= 15 is 0 Å². The number of amides is 3. The number of nitrogens with zero attached hydrogens (tertiary/aromatic N) is 2. The van der Waals surface area contributed by atoms with E-state index in [9.17, 15) is 24.6 Å². The van der Waals surface area contributed by atoms with Gasteiger partial charge in [0.25, 0.3) is 0 Å². The second-order valence-electron chi connectivity index (χ2n) is 10.3. The molecule has 0 radical (unpaired) electrons. The average Bonchev–Trinajstić information content (AvgIpc) is 3.13. The van der Waals surface area contributed by atoms with Gasteiger partial charge in [0.1, 0.15) is 0 Å². The minimum Gasteiger partial charge on any atom is -0.465 e. The smallest absolute Gasteiger partial charge is 0.410 e. The maximum Gasteiger partial charge on any atom is 0.410 e. The molecule has 1 atom stereocenters. The van der Waals surface area contributed by atoms with E-state index in [4.69, 9.17) is 0 Å². The van der Waals surface area contributed by atoms with Crippen molar-refractivity contribution in [1.29, 1.82) is 0 Å². The topological polar surface area (TPSA) is 144 Å². The lowest BCUT2D eigenvalue weighted by molar-refractivity contribution is -0.114. The van der Waals surface area contributed by atoms with E-state index in [0.717, 1.165) is 21.7 Å². The predicted octanol–water partition coefficient (Wildman–Crippen LogP) is 4.65. The molecule has 1 aromatic heterocycles. The van der Waals surface area contributed by atoms with E-state index < -0.39 is 28.9 Å². The number of aromatic nitrogens is 1. The van der Waals surface area contributed by atoms with Crippen LogP contribution >= 0.6 is 11.3 Å². The summed E-state index contributed by atoms with van der Waals surface area (Å²) >= 11 is 1.34. The number of carboxylic acid groups (broad SMARTS) is 2. The van der Waals surface area contributed by atoms with Gasteiger partial charge in [0, 0.05) is 35.4 Å². The molecule has 35 heavy (non-hydrogen) atoms. The molecule has 0 aliphatic rings. The molecule has 0 fully saturated rings. The third kappa shape index (κ3) is 6.92. The molecule has 3 amide bonds. The van der Waals surface area contributed by atoms with Gasteiger partial charge in [-0.2, -0.15) is 0 Å². The van der Waals surface area contributed by atoms with Crippen molar-refractivity contribution in [2.75, 3.05) is 11.9 Å². The zero-order valence-corrected chi connectivity index (χ0v) is 22.0. The summed E-state index contributed by atoms with van der Waals surface area (Å²) in [5.74, 6) is -1.78. The second kappa shape index (κ2) is 10.6. The number of nitrogens with one attached hydrogen (secondary N) is 3. The fourth-order valence-corrected chi connectivity index (χ4v) is 4.71. The number of rotatable bonds is 8. The quantitative estimate of drug-likeness (QED) is 0.329. The largest absolute Gasteiger partial charge is 0.465 e. The molecule has 0 bridgehead atoms. The van der Waals surface area contributed by atoms with Crippen molar-refractivity contribution in [3.8, 4) is 11.3 Å². The Hall–Kier alpha value is -3.18. The van der Waals surface area contributed by atoms with Crippen molar-refractivity contribution < 1.29 is 24.6 Å². The molecule has 0 saturated carbocycles. The Labute approximate surface area is 209 Å². The van der Waals surface area contributed by atoms with Crippen LogP contribution in [0.4, 0.5) is 14.7 Å². The lowest BCUT2D eigenvalue weighted by atomic mass is 9.82. The Kier molecular flexibility index (Phi) is 8.51. The summed E-state index contributed by atoms with van der Waals surface area (Å²) in [7, 11) is 0. The van der Waals surface area contributed by atoms with Crippen LogP contribution < -0.4 is 16.0 Å². The Balaban J connectivity index is 2.32. The maximum atomic E-state index is 12.3. The molecule has 11 heteroatoms. The van der Waals surface area contributed by atoms with E-state index in [1.807, 2.05) is 29.6 Å². The van der Waals surface area contributed by atoms with Crippen molar-refractivity contribution in [2.45, 2.75) is 66.2 Å². The molecule has 10 nitrogen and oxygen atoms in total. The Morgan fingerprint density at radius 1 is 1.09 bits per heavy atom. The van der Waals surface area contributed by atoms with E-state index in [1.54, 1.807) is 41.5 Å². The maximum absolute atomic E-state index is 12.3. The Bertz CT molecular complexity index is 1070. The lowest BCUT2D eigenvalue weighted by Gasteiger charge is -2.55. The number of hydrogen-bond donors (Lipinski definition) is 5. The third-order valence-electron chi connectivity index (χ3n) is 5.38. The van der Waals surface area contributed by atoms with Crippen LogP contribution in [0.1, 0.15) is 54.0 Å². The number of hydrogen-bond acceptors (Lipinski definition) is 6. The molecule has 2 rings (SSSR count). The molecular formula is C24H35N5O5S. The molecular weight excluding hydrogens is 470 g/mol. The summed E-state index contributed by atoms with van der Waals surface area (Å²) < 4.78 is 0. The predicted molar refractivity (Wildman–Crippen MR) is 137 cm³/mol. The van der Waals surface area contributed by atoms with Gasteiger partial charge < -0.3 is 15.5 Å². The highest BCUT2D eigenvalue weighted by molar-refractivity contribution is 7.14. The van der Waals surface area contributed by atoms with Gasteiger partial charge in [-0.05, 0) is 38.8 Å². The van der Waals surface area contributed by atoms with Gasteiger partial charge in [0.15, 0.2) is 10.9 Å². The van der Waals surface area contributed by atoms with Crippen molar-refractivity contribution >= 4 is 34.6 Å². The van der Waals surface area contributed by atoms with Gasteiger partial charge >= 0.3 is 12.2 Å². The number of anilines is 1. The summed E-state index contributed by atoms with van der Waals surface area (Å²) in [6.07, 6.45) is -2.06. The molecule has 1 unspecified atom stereocenters. The SMILES string of the molecule is CC(=O)Nc1nc(-c2cccc(CCNC(NC(=O)O)(N(C(=O)O)C(C)(C)C)C(C)(C)C)c2)cs1. The summed E-state index contributed by atoms with van der Waals surface area (Å²) in [4.78, 5) is 41.0. The molecule has 1 heterocycles. The highest BCUT2D eigenvalue weighted by atomic mass is 32.1. The van der Waals surface area contributed by atoms with Crippen LogP contribution in [0, 0.1) is 5.41 Å². The van der Waals surface area contributed by atoms with Gasteiger partial charge in [-0.15, -0.1) is 11.3 Å². The molecule has 0 saturated heterocycles. The monoisotopic (exact) mass is 505 g/mol. The highest BCUT2D eigenvalue weighted by Crippen LogP contribution is 2.36. The molecule has 1 aromatic carbocycles. The van der Waals surface area contributed by atoms with Crippen LogP contribution in [0.5, 0.6) is 0 Å². The van der Waals surface area contributed by atoms with Crippen LogP contribution in [0.3, 0.4) is 0 Å². The van der Waals surface area contributed by atoms with Crippen LogP contribution in [0.25, 0.3) is 11.3 Å². The fraction of sp³-hybridized carbons (Fsp3) is 0.500. The third-order valence-corrected chi connectivity index (χ3v) is 6.13. The zero-order chi connectivity index (χ0) is 26.6. The first kappa shape index (κ1) is 28.1. The number of carbonyl (C=O) groups is 3. The van der Waals surface area contributed by atoms with E-state index in [1.165, 1.54) is 18.3 Å². The van der Waals surface area contributed by atoms with Crippen LogP contribution in [0.15, 0.2) is 29.6 Å². The zero-order valence-electron chi connectivity index (χ0n) is 21.2. The molecule has 5 N–H and O–H groups in total. The number of carbonyl (C=O) groups excluding carboxylic acids is 1. The van der Waals surface area contributed by atoms with E-state index in [-0.39, 0.29) is 5.91 Å². The van der Waals surface area contributed by atoms with Gasteiger partial charge in [-0.3, -0.25) is 20.3 Å². The van der Waals surface area contributed by atoms with Crippen LogP contribution in [-0.2, 0) is 11.2 Å². The number of thiazole rings is 1. The van der Waals surface area contributed by atoms with Crippen molar-refractivity contribution in [1.82, 2.24) is 20.5 Å². The normalized spacial score (nSPS) is 13.6.